The second-order valence-electron chi connectivity index (χ2n) is 6.13. The Morgan fingerprint density at radius 3 is 2.71 bits per heavy atom. The lowest BCUT2D eigenvalue weighted by molar-refractivity contribution is -0.120. The minimum absolute atomic E-state index is 0.0163. The molecule has 2 aliphatic rings. The van der Waals surface area contributed by atoms with Crippen LogP contribution in [0.2, 0.25) is 10.0 Å². The number of carbonyl (C=O) groups excluding carboxylic acids is 1. The lowest BCUT2D eigenvalue weighted by Gasteiger charge is -2.25. The Hall–Kier alpha value is -0.760. The van der Waals surface area contributed by atoms with Crippen molar-refractivity contribution in [3.63, 3.8) is 0 Å². The van der Waals surface area contributed by atoms with Gasteiger partial charge in [0.2, 0.25) is 0 Å². The molecule has 0 radical (unpaired) electrons. The number of nitrogens with zero attached hydrogens (tertiary/aromatic N) is 2. The molecule has 9 heteroatoms. The van der Waals surface area contributed by atoms with Crippen LogP contribution in [0.25, 0.3) is 0 Å². The molecule has 1 aromatic rings. The van der Waals surface area contributed by atoms with Gasteiger partial charge in [0, 0.05) is 11.2 Å². The van der Waals surface area contributed by atoms with Gasteiger partial charge >= 0.3 is 0 Å². The van der Waals surface area contributed by atoms with E-state index in [1.807, 2.05) is 0 Å². The van der Waals surface area contributed by atoms with Crippen LogP contribution in [0, 0.1) is 5.92 Å². The third-order valence-electron chi connectivity index (χ3n) is 3.96. The number of amidine groups is 1. The van der Waals surface area contributed by atoms with E-state index in [-0.39, 0.29) is 34.6 Å². The second-order valence-corrected chi connectivity index (χ2v) is 10.3. The van der Waals surface area contributed by atoms with Crippen LogP contribution >= 0.6 is 35.0 Å². The van der Waals surface area contributed by atoms with E-state index in [9.17, 15) is 13.2 Å². The van der Waals surface area contributed by atoms with Gasteiger partial charge in [-0.1, -0.05) is 54.9 Å². The van der Waals surface area contributed by atoms with E-state index >= 15 is 0 Å². The maximum Gasteiger partial charge on any atom is 0.250 e. The van der Waals surface area contributed by atoms with E-state index in [0.29, 0.717) is 20.9 Å². The third-order valence-corrected chi connectivity index (χ3v) is 7.98. The zero-order chi connectivity index (χ0) is 17.6. The molecule has 130 valence electrons. The van der Waals surface area contributed by atoms with Gasteiger partial charge in [-0.3, -0.25) is 4.79 Å². The molecule has 0 aromatic heterocycles. The molecule has 2 unspecified atom stereocenters. The average molecular weight is 407 g/mol. The van der Waals surface area contributed by atoms with Gasteiger partial charge in [-0.15, -0.1) is 0 Å². The molecule has 0 aliphatic carbocycles. The van der Waals surface area contributed by atoms with Crippen molar-refractivity contribution in [3.8, 4) is 0 Å². The van der Waals surface area contributed by atoms with E-state index in [1.165, 1.54) is 11.8 Å². The number of aliphatic imine (C=N–C) groups is 1. The highest BCUT2D eigenvalue weighted by molar-refractivity contribution is 8.16. The normalized spacial score (nSPS) is 27.0. The fourth-order valence-electron chi connectivity index (χ4n) is 2.75. The van der Waals surface area contributed by atoms with Crippen LogP contribution in [0.3, 0.4) is 0 Å². The number of benzene rings is 1. The highest BCUT2D eigenvalue weighted by Crippen LogP contribution is 2.44. The van der Waals surface area contributed by atoms with E-state index in [0.717, 1.165) is 0 Å². The fraction of sp³-hybridized carbons (Fsp3) is 0.467. The smallest absolute Gasteiger partial charge is 0.250 e. The number of carbonyl (C=O) groups is 1. The van der Waals surface area contributed by atoms with Gasteiger partial charge in [-0.25, -0.2) is 8.42 Å². The minimum Gasteiger partial charge on any atom is -0.314 e. The first-order valence-electron chi connectivity index (χ1n) is 7.42. The maximum atomic E-state index is 12.1. The molecule has 2 fully saturated rings. The molecular formula is C15H16Cl2N2O3S2. The standard InChI is InChI=1S/C15H16Cl2N2O3S2/c1-8(2)14(20)18-15-19(10-5-3-4-9(16)13(10)17)11-6-24(21,22)7-12(11)23-15/h3-5,8,11-12H,6-7H2,1-2H3. The van der Waals surface area contributed by atoms with Crippen molar-refractivity contribution in [2.45, 2.75) is 25.1 Å². The van der Waals surface area contributed by atoms with Crippen LogP contribution in [0.4, 0.5) is 5.69 Å². The molecule has 0 saturated carbocycles. The van der Waals surface area contributed by atoms with Crippen LogP contribution in [0.1, 0.15) is 13.8 Å². The molecule has 2 aliphatic heterocycles. The summed E-state index contributed by atoms with van der Waals surface area (Å²) in [7, 11) is -3.12. The molecule has 2 atom stereocenters. The predicted octanol–water partition coefficient (Wildman–Crippen LogP) is 3.25. The number of sulfone groups is 1. The molecule has 0 N–H and O–H groups in total. The van der Waals surface area contributed by atoms with Crippen molar-refractivity contribution in [2.75, 3.05) is 16.4 Å². The highest BCUT2D eigenvalue weighted by atomic mass is 35.5. The Kier molecular flexibility index (Phi) is 4.90. The quantitative estimate of drug-likeness (QED) is 0.753. The van der Waals surface area contributed by atoms with Crippen molar-refractivity contribution in [1.29, 1.82) is 0 Å². The average Bonchev–Trinajstić information content (AvgIpc) is 2.93. The van der Waals surface area contributed by atoms with Crippen LogP contribution in [0.15, 0.2) is 23.2 Å². The summed E-state index contributed by atoms with van der Waals surface area (Å²) in [5, 5.41) is 1.03. The van der Waals surface area contributed by atoms with Gasteiger partial charge in [0.25, 0.3) is 5.91 Å². The largest absolute Gasteiger partial charge is 0.314 e. The van der Waals surface area contributed by atoms with Gasteiger partial charge < -0.3 is 4.90 Å². The van der Waals surface area contributed by atoms with Crippen LogP contribution < -0.4 is 4.90 Å². The van der Waals surface area contributed by atoms with Crippen molar-refractivity contribution < 1.29 is 13.2 Å². The van der Waals surface area contributed by atoms with Crippen molar-refractivity contribution in [3.05, 3.63) is 28.2 Å². The SMILES string of the molecule is CC(C)C(=O)N=C1SC2CS(=O)(=O)CC2N1c1cccc(Cl)c1Cl. The molecule has 2 heterocycles. The summed E-state index contributed by atoms with van der Waals surface area (Å²) >= 11 is 13.8. The minimum atomic E-state index is -3.12. The number of fused-ring (bicyclic) bond motifs is 1. The van der Waals surface area contributed by atoms with Crippen molar-refractivity contribution >= 4 is 61.6 Å². The summed E-state index contributed by atoms with van der Waals surface area (Å²) in [4.78, 5) is 18.0. The topological polar surface area (TPSA) is 66.8 Å². The lowest BCUT2D eigenvalue weighted by Crippen LogP contribution is -2.38. The summed E-state index contributed by atoms with van der Waals surface area (Å²) in [6.07, 6.45) is 0. The van der Waals surface area contributed by atoms with Crippen molar-refractivity contribution in [2.24, 2.45) is 10.9 Å². The first kappa shape index (κ1) is 18.0. The number of halogens is 2. The lowest BCUT2D eigenvalue weighted by atomic mass is 10.2. The van der Waals surface area contributed by atoms with Gasteiger partial charge in [-0.05, 0) is 12.1 Å². The van der Waals surface area contributed by atoms with E-state index < -0.39 is 9.84 Å². The van der Waals surface area contributed by atoms with Gasteiger partial charge in [-0.2, -0.15) is 4.99 Å². The zero-order valence-electron chi connectivity index (χ0n) is 13.1. The van der Waals surface area contributed by atoms with Crippen molar-refractivity contribution in [1.82, 2.24) is 0 Å². The predicted molar refractivity (Wildman–Crippen MR) is 100 cm³/mol. The van der Waals surface area contributed by atoms with E-state index in [4.69, 9.17) is 23.2 Å². The summed E-state index contributed by atoms with van der Waals surface area (Å²) in [5.74, 6) is -0.392. The Balaban J connectivity index is 2.08. The summed E-state index contributed by atoms with van der Waals surface area (Å²) in [5.41, 5.74) is 0.580. The molecule has 0 bridgehead atoms. The molecule has 24 heavy (non-hydrogen) atoms. The zero-order valence-corrected chi connectivity index (χ0v) is 16.2. The molecule has 2 saturated heterocycles. The first-order valence-corrected chi connectivity index (χ1v) is 10.9. The molecule has 3 rings (SSSR count). The first-order chi connectivity index (χ1) is 11.2. The Bertz CT molecular complexity index is 824. The Morgan fingerprint density at radius 2 is 2.04 bits per heavy atom. The van der Waals surface area contributed by atoms with Crippen LogP contribution in [-0.4, -0.2) is 42.3 Å². The number of anilines is 1. The fourth-order valence-corrected chi connectivity index (χ4v) is 7.05. The van der Waals surface area contributed by atoms with Gasteiger partial charge in [0.15, 0.2) is 15.0 Å². The van der Waals surface area contributed by atoms with Crippen LogP contribution in [0.5, 0.6) is 0 Å². The number of hydrogen-bond acceptors (Lipinski definition) is 4. The molecule has 5 nitrogen and oxygen atoms in total. The van der Waals surface area contributed by atoms with E-state index in [1.54, 1.807) is 36.9 Å². The summed E-state index contributed by atoms with van der Waals surface area (Å²) < 4.78 is 24.0. The number of amides is 1. The van der Waals surface area contributed by atoms with Gasteiger partial charge in [0.1, 0.15) is 0 Å². The maximum absolute atomic E-state index is 12.1. The van der Waals surface area contributed by atoms with Gasteiger partial charge in [0.05, 0.1) is 33.3 Å². The molecule has 1 aromatic carbocycles. The Labute approximate surface area is 155 Å². The monoisotopic (exact) mass is 406 g/mol. The van der Waals surface area contributed by atoms with Crippen LogP contribution in [-0.2, 0) is 14.6 Å². The molecule has 1 amide bonds. The molecule has 0 spiro atoms. The second kappa shape index (κ2) is 6.52. The molecular weight excluding hydrogens is 391 g/mol. The van der Waals surface area contributed by atoms with E-state index in [2.05, 4.69) is 4.99 Å². The Morgan fingerprint density at radius 1 is 1.33 bits per heavy atom. The summed E-state index contributed by atoms with van der Waals surface area (Å²) in [6.45, 7) is 3.54. The summed E-state index contributed by atoms with van der Waals surface area (Å²) in [6, 6.07) is 4.87. The highest BCUT2D eigenvalue weighted by Gasteiger charge is 2.49. The third kappa shape index (κ3) is 3.31. The number of rotatable bonds is 2. The number of thioether (sulfide) groups is 1. The number of hydrogen-bond donors (Lipinski definition) is 0.